The second kappa shape index (κ2) is 7.45. The van der Waals surface area contributed by atoms with Crippen molar-refractivity contribution < 1.29 is 13.5 Å². The third-order valence-corrected chi connectivity index (χ3v) is 5.62. The average Bonchev–Trinajstić information content (AvgIpc) is 3.24. The number of hydrogen-bond acceptors (Lipinski definition) is 3. The van der Waals surface area contributed by atoms with E-state index in [1.807, 2.05) is 6.20 Å². The summed E-state index contributed by atoms with van der Waals surface area (Å²) in [5.74, 6) is 0.641. The number of aryl methyl sites for hydroxylation is 1. The summed E-state index contributed by atoms with van der Waals surface area (Å²) in [6.07, 6.45) is 5.03. The first-order valence-electron chi connectivity index (χ1n) is 9.39. The van der Waals surface area contributed by atoms with Gasteiger partial charge in [0.05, 0.1) is 0 Å². The van der Waals surface area contributed by atoms with Crippen LogP contribution in [0.25, 0.3) is 0 Å². The number of aromatic nitrogens is 2. The van der Waals surface area contributed by atoms with Crippen molar-refractivity contribution in [3.63, 3.8) is 0 Å². The molecule has 3 heterocycles. The van der Waals surface area contributed by atoms with Crippen LogP contribution in [0.5, 0.6) is 0 Å². The van der Waals surface area contributed by atoms with Crippen LogP contribution in [0, 0.1) is 18.6 Å². The van der Waals surface area contributed by atoms with Crippen LogP contribution >= 0.6 is 0 Å². The fourth-order valence-electron chi connectivity index (χ4n) is 4.25. The minimum Gasteiger partial charge on any atom is -0.381 e. The molecular weight excluding hydrogens is 336 g/mol. The van der Waals surface area contributed by atoms with E-state index in [-0.39, 0.29) is 0 Å². The summed E-state index contributed by atoms with van der Waals surface area (Å²) in [6.45, 7) is 6.01. The van der Waals surface area contributed by atoms with E-state index in [2.05, 4.69) is 16.4 Å². The lowest BCUT2D eigenvalue weighted by Gasteiger charge is -2.26. The topological polar surface area (TPSA) is 30.3 Å². The number of benzene rings is 1. The molecule has 140 valence electrons. The SMILES string of the molecule is Cc1cnc(C2CCOCC2)n1C1CCN(Cc2ccc(F)cc2F)C1. The number of hydrogen-bond donors (Lipinski definition) is 0. The van der Waals surface area contributed by atoms with Crippen LogP contribution in [0.3, 0.4) is 0 Å². The summed E-state index contributed by atoms with van der Waals surface area (Å²) in [4.78, 5) is 6.95. The summed E-state index contributed by atoms with van der Waals surface area (Å²) in [5.41, 5.74) is 1.74. The molecule has 2 aliphatic heterocycles. The van der Waals surface area contributed by atoms with Gasteiger partial charge in [0.1, 0.15) is 17.5 Å². The zero-order valence-corrected chi connectivity index (χ0v) is 15.1. The maximum absolute atomic E-state index is 14.0. The van der Waals surface area contributed by atoms with Gasteiger partial charge in [0.25, 0.3) is 0 Å². The molecule has 1 aromatic heterocycles. The second-order valence-corrected chi connectivity index (χ2v) is 7.43. The van der Waals surface area contributed by atoms with Crippen LogP contribution in [0.2, 0.25) is 0 Å². The fourth-order valence-corrected chi connectivity index (χ4v) is 4.25. The van der Waals surface area contributed by atoms with Gasteiger partial charge in [-0.25, -0.2) is 13.8 Å². The van der Waals surface area contributed by atoms with Gasteiger partial charge in [-0.15, -0.1) is 0 Å². The number of rotatable bonds is 4. The Kier molecular flexibility index (Phi) is 5.05. The molecule has 0 bridgehead atoms. The molecule has 0 N–H and O–H groups in total. The molecule has 2 fully saturated rings. The highest BCUT2D eigenvalue weighted by Crippen LogP contribution is 2.32. The molecule has 1 aromatic carbocycles. The lowest BCUT2D eigenvalue weighted by molar-refractivity contribution is 0.0824. The van der Waals surface area contributed by atoms with Crippen molar-refractivity contribution in [1.29, 1.82) is 0 Å². The van der Waals surface area contributed by atoms with Crippen molar-refractivity contribution in [3.8, 4) is 0 Å². The maximum Gasteiger partial charge on any atom is 0.130 e. The molecule has 6 heteroatoms. The van der Waals surface area contributed by atoms with Gasteiger partial charge in [-0.05, 0) is 32.3 Å². The molecule has 2 aliphatic rings. The minimum atomic E-state index is -0.527. The fraction of sp³-hybridized carbons (Fsp3) is 0.550. The van der Waals surface area contributed by atoms with Crippen LogP contribution in [0.4, 0.5) is 8.78 Å². The number of halogens is 2. The van der Waals surface area contributed by atoms with E-state index in [0.29, 0.717) is 24.1 Å². The summed E-state index contributed by atoms with van der Waals surface area (Å²) >= 11 is 0. The largest absolute Gasteiger partial charge is 0.381 e. The van der Waals surface area contributed by atoms with E-state index >= 15 is 0 Å². The third-order valence-electron chi connectivity index (χ3n) is 5.62. The third kappa shape index (κ3) is 3.53. The molecule has 4 rings (SSSR count). The molecule has 0 amide bonds. The Morgan fingerprint density at radius 1 is 1.19 bits per heavy atom. The van der Waals surface area contributed by atoms with E-state index in [4.69, 9.17) is 9.72 Å². The predicted octanol–water partition coefficient (Wildman–Crippen LogP) is 3.81. The number of likely N-dealkylation sites (tertiary alicyclic amines) is 1. The summed E-state index contributed by atoms with van der Waals surface area (Å²) < 4.78 is 34.9. The highest BCUT2D eigenvalue weighted by molar-refractivity contribution is 5.19. The Hall–Kier alpha value is -1.79. The number of imidazole rings is 1. The van der Waals surface area contributed by atoms with Crippen molar-refractivity contribution in [2.45, 2.75) is 44.7 Å². The Morgan fingerprint density at radius 3 is 2.77 bits per heavy atom. The van der Waals surface area contributed by atoms with E-state index in [9.17, 15) is 8.78 Å². The zero-order chi connectivity index (χ0) is 18.1. The zero-order valence-electron chi connectivity index (χ0n) is 15.1. The van der Waals surface area contributed by atoms with Crippen molar-refractivity contribution in [2.75, 3.05) is 26.3 Å². The van der Waals surface area contributed by atoms with E-state index in [1.165, 1.54) is 17.6 Å². The van der Waals surface area contributed by atoms with Crippen LogP contribution in [0.1, 0.15) is 48.3 Å². The molecular formula is C20H25F2N3O. The minimum absolute atomic E-state index is 0.360. The molecule has 0 spiro atoms. The first kappa shape index (κ1) is 17.6. The predicted molar refractivity (Wildman–Crippen MR) is 95.0 cm³/mol. The molecule has 0 radical (unpaired) electrons. The van der Waals surface area contributed by atoms with E-state index in [0.717, 1.165) is 51.6 Å². The van der Waals surface area contributed by atoms with E-state index in [1.54, 1.807) is 6.07 Å². The van der Waals surface area contributed by atoms with Gasteiger partial charge in [0, 0.05) is 68.3 Å². The van der Waals surface area contributed by atoms with Gasteiger partial charge < -0.3 is 9.30 Å². The summed E-state index contributed by atoms with van der Waals surface area (Å²) in [6, 6.07) is 4.20. The molecule has 2 aromatic rings. The van der Waals surface area contributed by atoms with Gasteiger partial charge in [-0.2, -0.15) is 0 Å². The average molecular weight is 361 g/mol. The first-order valence-corrected chi connectivity index (χ1v) is 9.39. The lowest BCUT2D eigenvalue weighted by atomic mass is 9.99. The smallest absolute Gasteiger partial charge is 0.130 e. The highest BCUT2D eigenvalue weighted by atomic mass is 19.1. The Bertz CT molecular complexity index is 770. The van der Waals surface area contributed by atoms with Gasteiger partial charge in [0.2, 0.25) is 0 Å². The first-order chi connectivity index (χ1) is 12.6. The van der Waals surface area contributed by atoms with Gasteiger partial charge in [0.15, 0.2) is 0 Å². The van der Waals surface area contributed by atoms with Crippen molar-refractivity contribution in [3.05, 3.63) is 53.1 Å². The molecule has 0 aliphatic carbocycles. The van der Waals surface area contributed by atoms with Gasteiger partial charge in [-0.3, -0.25) is 4.90 Å². The maximum atomic E-state index is 14.0. The van der Waals surface area contributed by atoms with E-state index < -0.39 is 11.6 Å². The molecule has 26 heavy (non-hydrogen) atoms. The van der Waals surface area contributed by atoms with Crippen LogP contribution in [-0.2, 0) is 11.3 Å². The van der Waals surface area contributed by atoms with Crippen molar-refractivity contribution in [1.82, 2.24) is 14.5 Å². The second-order valence-electron chi connectivity index (χ2n) is 7.43. The standard InChI is InChI=1S/C20H25F2N3O/c1-14-11-23-20(15-5-8-26-9-6-15)25(14)18-4-7-24(13-18)12-16-2-3-17(21)10-19(16)22/h2-3,10-11,15,18H,4-9,12-13H2,1H3. The molecule has 4 nitrogen and oxygen atoms in total. The van der Waals surface area contributed by atoms with Gasteiger partial charge in [-0.1, -0.05) is 6.07 Å². The van der Waals surface area contributed by atoms with Crippen LogP contribution < -0.4 is 0 Å². The number of nitrogens with zero attached hydrogens (tertiary/aromatic N) is 3. The number of ether oxygens (including phenoxy) is 1. The summed E-state index contributed by atoms with van der Waals surface area (Å²) in [5, 5.41) is 0. The van der Waals surface area contributed by atoms with Crippen LogP contribution in [0.15, 0.2) is 24.4 Å². The normalized spacial score (nSPS) is 22.2. The molecule has 0 saturated carbocycles. The Balaban J connectivity index is 1.48. The molecule has 1 unspecified atom stereocenters. The Morgan fingerprint density at radius 2 is 2.00 bits per heavy atom. The monoisotopic (exact) mass is 361 g/mol. The van der Waals surface area contributed by atoms with Crippen molar-refractivity contribution in [2.24, 2.45) is 0 Å². The lowest BCUT2D eigenvalue weighted by Crippen LogP contribution is -2.24. The quantitative estimate of drug-likeness (QED) is 0.830. The van der Waals surface area contributed by atoms with Crippen LogP contribution in [-0.4, -0.2) is 40.8 Å². The summed E-state index contributed by atoms with van der Waals surface area (Å²) in [7, 11) is 0. The Labute approximate surface area is 152 Å². The highest BCUT2D eigenvalue weighted by Gasteiger charge is 2.30. The van der Waals surface area contributed by atoms with Gasteiger partial charge >= 0.3 is 0 Å². The van der Waals surface area contributed by atoms with Crippen molar-refractivity contribution >= 4 is 0 Å². The molecule has 2 saturated heterocycles. The molecule has 1 atom stereocenters.